The summed E-state index contributed by atoms with van der Waals surface area (Å²) in [5.74, 6) is -1.02. The van der Waals surface area contributed by atoms with Crippen molar-refractivity contribution in [2.45, 2.75) is 20.4 Å². The van der Waals surface area contributed by atoms with E-state index in [1.807, 2.05) is 31.2 Å². The molecule has 0 amide bonds. The van der Waals surface area contributed by atoms with Gasteiger partial charge in [-0.05, 0) is 49.2 Å². The Morgan fingerprint density at radius 3 is 2.42 bits per heavy atom. The van der Waals surface area contributed by atoms with Gasteiger partial charge in [0.15, 0.2) is 4.91 Å². The topological polar surface area (TPSA) is 66.5 Å². The predicted molar refractivity (Wildman–Crippen MR) is 120 cm³/mol. The summed E-state index contributed by atoms with van der Waals surface area (Å²) in [4.78, 5) is 12.6. The predicted octanol–water partition coefficient (Wildman–Crippen LogP) is 4.93. The van der Waals surface area contributed by atoms with Gasteiger partial charge in [-0.3, -0.25) is 9.10 Å². The Morgan fingerprint density at radius 2 is 1.71 bits per heavy atom. The molecule has 0 saturated carbocycles. The number of allylic oxidation sites excluding steroid dienone is 1. The van der Waals surface area contributed by atoms with Crippen LogP contribution in [0.25, 0.3) is 0 Å². The molecule has 4 rings (SSSR count). The fourth-order valence-electron chi connectivity index (χ4n) is 3.38. The van der Waals surface area contributed by atoms with E-state index in [9.17, 15) is 17.6 Å². The van der Waals surface area contributed by atoms with Gasteiger partial charge in [0.1, 0.15) is 5.82 Å². The number of benzene rings is 3. The maximum Gasteiger partial charge on any atom is 0.270 e. The number of nitrogens with one attached hydrogen (secondary N) is 1. The first-order chi connectivity index (χ1) is 14.8. The molecule has 0 atom stereocenters. The number of hydrogen-bond acceptors (Lipinski definition) is 4. The molecule has 0 spiro atoms. The number of sulfonamides is 1. The number of nitrogens with zero attached hydrogens (tertiary/aromatic N) is 1. The van der Waals surface area contributed by atoms with Crippen molar-refractivity contribution in [3.05, 3.63) is 106 Å². The van der Waals surface area contributed by atoms with E-state index in [1.54, 1.807) is 43.3 Å². The van der Waals surface area contributed by atoms with Crippen LogP contribution >= 0.6 is 0 Å². The third-order valence-electron chi connectivity index (χ3n) is 5.20. The van der Waals surface area contributed by atoms with Gasteiger partial charge in [0.05, 0.1) is 12.2 Å². The van der Waals surface area contributed by atoms with Crippen molar-refractivity contribution in [2.75, 3.05) is 9.62 Å². The maximum absolute atomic E-state index is 13.8. The Hall–Kier alpha value is -3.45. The van der Waals surface area contributed by atoms with Crippen molar-refractivity contribution in [1.82, 2.24) is 0 Å². The van der Waals surface area contributed by atoms with E-state index in [0.717, 1.165) is 17.3 Å². The minimum atomic E-state index is -4.14. The molecule has 0 aromatic heterocycles. The average molecular weight is 437 g/mol. The molecule has 0 saturated heterocycles. The Bertz CT molecular complexity index is 1300. The molecule has 0 unspecified atom stereocenters. The van der Waals surface area contributed by atoms with Gasteiger partial charge in [0.25, 0.3) is 10.0 Å². The number of anilines is 2. The molecular weight excluding hydrogens is 415 g/mol. The van der Waals surface area contributed by atoms with Gasteiger partial charge in [-0.1, -0.05) is 48.0 Å². The first-order valence-corrected chi connectivity index (χ1v) is 11.2. The summed E-state index contributed by atoms with van der Waals surface area (Å²) in [6.07, 6.45) is 1.14. The summed E-state index contributed by atoms with van der Waals surface area (Å²) >= 11 is 0. The average Bonchev–Trinajstić information content (AvgIpc) is 2.75. The highest BCUT2D eigenvalue weighted by molar-refractivity contribution is 7.97. The fraction of sp³-hybridized carbons (Fsp3) is 0.125. The Kier molecular flexibility index (Phi) is 5.37. The van der Waals surface area contributed by atoms with Gasteiger partial charge in [0, 0.05) is 17.5 Å². The van der Waals surface area contributed by atoms with Gasteiger partial charge < -0.3 is 5.32 Å². The molecule has 1 heterocycles. The van der Waals surface area contributed by atoms with E-state index >= 15 is 0 Å². The first kappa shape index (κ1) is 20.8. The molecule has 158 valence electrons. The number of hydrogen-bond donors (Lipinski definition) is 1. The van der Waals surface area contributed by atoms with Crippen molar-refractivity contribution in [1.29, 1.82) is 0 Å². The van der Waals surface area contributed by atoms with E-state index in [1.165, 1.54) is 10.4 Å². The normalized spacial score (nSPS) is 16.3. The van der Waals surface area contributed by atoms with Crippen LogP contribution in [0.1, 0.15) is 27.0 Å². The second kappa shape index (κ2) is 8.00. The number of halogens is 1. The van der Waals surface area contributed by atoms with Gasteiger partial charge in [0.2, 0.25) is 5.78 Å². The zero-order valence-electron chi connectivity index (χ0n) is 17.1. The zero-order valence-corrected chi connectivity index (χ0v) is 17.9. The highest BCUT2D eigenvalue weighted by Crippen LogP contribution is 2.36. The van der Waals surface area contributed by atoms with Crippen LogP contribution in [0.4, 0.5) is 15.8 Å². The summed E-state index contributed by atoms with van der Waals surface area (Å²) < 4.78 is 41.9. The van der Waals surface area contributed by atoms with Crippen molar-refractivity contribution < 1.29 is 17.6 Å². The van der Waals surface area contributed by atoms with E-state index in [0.29, 0.717) is 22.5 Å². The van der Waals surface area contributed by atoms with Crippen molar-refractivity contribution in [3.8, 4) is 0 Å². The lowest BCUT2D eigenvalue weighted by atomic mass is 10.1. The van der Waals surface area contributed by atoms with Crippen molar-refractivity contribution in [2.24, 2.45) is 0 Å². The van der Waals surface area contributed by atoms with Crippen LogP contribution in [0.15, 0.2) is 77.8 Å². The van der Waals surface area contributed by atoms with Crippen molar-refractivity contribution in [3.63, 3.8) is 0 Å². The first-order valence-electron chi connectivity index (χ1n) is 9.72. The van der Waals surface area contributed by atoms with Gasteiger partial charge >= 0.3 is 0 Å². The highest BCUT2D eigenvalue weighted by Gasteiger charge is 2.40. The number of para-hydroxylation sites is 1. The van der Waals surface area contributed by atoms with Crippen LogP contribution in [0.5, 0.6) is 0 Å². The number of Topliss-reactive ketones (excluding diaryl/α,β-unsaturated/α-hetero) is 1. The molecule has 0 bridgehead atoms. The van der Waals surface area contributed by atoms with Crippen LogP contribution in [0.2, 0.25) is 0 Å². The summed E-state index contributed by atoms with van der Waals surface area (Å²) in [7, 11) is -4.14. The Labute approximate surface area is 180 Å². The maximum atomic E-state index is 13.8. The number of fused-ring (bicyclic) bond motifs is 1. The number of aryl methyl sites for hydroxylation is 2. The minimum Gasteiger partial charge on any atom is -0.360 e. The quantitative estimate of drug-likeness (QED) is 0.589. The number of carbonyl (C=O) groups is 1. The smallest absolute Gasteiger partial charge is 0.270 e. The van der Waals surface area contributed by atoms with Crippen LogP contribution in [0.3, 0.4) is 0 Å². The molecule has 3 aromatic rings. The third kappa shape index (κ3) is 3.96. The summed E-state index contributed by atoms with van der Waals surface area (Å²) in [6, 6.07) is 18.6. The van der Waals surface area contributed by atoms with E-state index in [2.05, 4.69) is 5.32 Å². The van der Waals surface area contributed by atoms with Gasteiger partial charge in [-0.15, -0.1) is 0 Å². The molecule has 0 fully saturated rings. The molecular formula is C24H21FN2O3S. The fourth-order valence-corrected chi connectivity index (χ4v) is 4.91. The van der Waals surface area contributed by atoms with Gasteiger partial charge in [-0.2, -0.15) is 0 Å². The molecule has 0 radical (unpaired) electrons. The minimum absolute atomic E-state index is 0.0867. The standard InChI is InChI=1S/C24H21FN2O3S/c1-16-7-10-18(11-8-16)15-27-22-6-4-3-5-20(22)24(28)23(31(27,29)30)14-26-19-12-9-17(2)21(25)13-19/h3-14,26H,15H2,1-2H3. The highest BCUT2D eigenvalue weighted by atomic mass is 32.2. The van der Waals surface area contributed by atoms with E-state index < -0.39 is 21.6 Å². The second-order valence-electron chi connectivity index (χ2n) is 7.46. The van der Waals surface area contributed by atoms with E-state index in [4.69, 9.17) is 0 Å². The summed E-state index contributed by atoms with van der Waals surface area (Å²) in [5, 5.41) is 2.76. The molecule has 31 heavy (non-hydrogen) atoms. The monoisotopic (exact) mass is 436 g/mol. The zero-order chi connectivity index (χ0) is 22.2. The van der Waals surface area contributed by atoms with E-state index in [-0.39, 0.29) is 11.4 Å². The molecule has 7 heteroatoms. The lowest BCUT2D eigenvalue weighted by Gasteiger charge is -2.31. The van der Waals surface area contributed by atoms with Crippen LogP contribution in [-0.4, -0.2) is 14.2 Å². The molecule has 1 aliphatic rings. The molecule has 0 aliphatic carbocycles. The number of ketones is 1. The molecule has 5 nitrogen and oxygen atoms in total. The van der Waals surface area contributed by atoms with Crippen molar-refractivity contribution >= 4 is 27.2 Å². The van der Waals surface area contributed by atoms with Crippen LogP contribution in [-0.2, 0) is 16.6 Å². The largest absolute Gasteiger partial charge is 0.360 e. The third-order valence-corrected chi connectivity index (χ3v) is 6.96. The number of rotatable bonds is 4. The Balaban J connectivity index is 1.76. The molecule has 1 aliphatic heterocycles. The lowest BCUT2D eigenvalue weighted by molar-refractivity contribution is 0.104. The second-order valence-corrected chi connectivity index (χ2v) is 9.29. The van der Waals surface area contributed by atoms with Crippen LogP contribution in [0, 0.1) is 19.7 Å². The Morgan fingerprint density at radius 1 is 1.00 bits per heavy atom. The lowest BCUT2D eigenvalue weighted by Crippen LogP contribution is -2.39. The number of carbonyl (C=O) groups excluding carboxylic acids is 1. The van der Waals surface area contributed by atoms with Gasteiger partial charge in [-0.25, -0.2) is 12.8 Å². The summed E-state index contributed by atoms with van der Waals surface area (Å²) in [6.45, 7) is 3.67. The SMILES string of the molecule is Cc1ccc(CN2c3ccccc3C(=O)C(=CNc3ccc(C)c(F)c3)S2(=O)=O)cc1. The summed E-state index contributed by atoms with van der Waals surface area (Å²) in [5.41, 5.74) is 3.32. The molecule has 3 aromatic carbocycles. The van der Waals surface area contributed by atoms with Crippen LogP contribution < -0.4 is 9.62 Å². The molecule has 1 N–H and O–H groups in total.